The smallest absolute Gasteiger partial charge is 0.303 e. The van der Waals surface area contributed by atoms with Crippen LogP contribution >= 0.6 is 0 Å². The lowest BCUT2D eigenvalue weighted by molar-refractivity contribution is -0.137. The molecule has 174 valence electrons. The number of carboxylic acids is 1. The van der Waals surface area contributed by atoms with Crippen molar-refractivity contribution in [1.29, 1.82) is 0 Å². The van der Waals surface area contributed by atoms with Crippen LogP contribution in [0.4, 0.5) is 4.39 Å². The van der Waals surface area contributed by atoms with Gasteiger partial charge in [-0.25, -0.2) is 4.39 Å². The van der Waals surface area contributed by atoms with Gasteiger partial charge in [0.05, 0.1) is 19.3 Å². The third-order valence-corrected chi connectivity index (χ3v) is 6.64. The Hall–Kier alpha value is -2.96. The molecule has 0 aromatic heterocycles. The summed E-state index contributed by atoms with van der Waals surface area (Å²) >= 11 is 0. The predicted octanol–water partition coefficient (Wildman–Crippen LogP) is 5.29. The molecular formula is C27H30FNO4. The Morgan fingerprint density at radius 1 is 1.18 bits per heavy atom. The molecule has 1 saturated heterocycles. The number of hydrogen-bond donors (Lipinski definition) is 2. The van der Waals surface area contributed by atoms with Crippen molar-refractivity contribution in [3.05, 3.63) is 95.5 Å². The third kappa shape index (κ3) is 5.52. The van der Waals surface area contributed by atoms with Crippen LogP contribution in [0.2, 0.25) is 0 Å². The predicted molar refractivity (Wildman–Crippen MR) is 124 cm³/mol. The van der Waals surface area contributed by atoms with E-state index in [2.05, 4.69) is 17.6 Å². The van der Waals surface area contributed by atoms with Crippen molar-refractivity contribution in [2.45, 2.75) is 50.2 Å². The van der Waals surface area contributed by atoms with Gasteiger partial charge in [-0.15, -0.1) is 0 Å². The number of benzene rings is 2. The standard InChI is InChI=1S/C27H30FNO4/c28-22-14-12-21(13-15-22)27-16-25(32-19-27)23(17-29-33-18-20-8-4-3-5-9-20)24(27)10-6-1-2-7-11-26(30)31/h1,3-6,8-9,12-15,17,24-25,29H,2,7,10-11,16,18-19H2,(H,30,31)/t24-,25-,27-/m0/s1. The molecule has 2 fully saturated rings. The van der Waals surface area contributed by atoms with Gasteiger partial charge in [0.2, 0.25) is 0 Å². The summed E-state index contributed by atoms with van der Waals surface area (Å²) in [5.74, 6) is -0.828. The molecule has 5 nitrogen and oxygen atoms in total. The monoisotopic (exact) mass is 451 g/mol. The van der Waals surface area contributed by atoms with Gasteiger partial charge in [-0.2, -0.15) is 0 Å². The second-order valence-corrected chi connectivity index (χ2v) is 8.75. The number of carboxylic acid groups (broad SMARTS) is 1. The third-order valence-electron chi connectivity index (χ3n) is 6.64. The summed E-state index contributed by atoms with van der Waals surface area (Å²) < 4.78 is 19.7. The summed E-state index contributed by atoms with van der Waals surface area (Å²) in [6, 6.07) is 16.7. The molecule has 1 aliphatic heterocycles. The minimum atomic E-state index is -0.768. The number of rotatable bonds is 11. The van der Waals surface area contributed by atoms with Gasteiger partial charge in [0.1, 0.15) is 5.82 Å². The van der Waals surface area contributed by atoms with Crippen LogP contribution < -0.4 is 5.48 Å². The lowest BCUT2D eigenvalue weighted by Gasteiger charge is -2.36. The Balaban J connectivity index is 1.47. The molecule has 3 atom stereocenters. The van der Waals surface area contributed by atoms with E-state index in [1.54, 1.807) is 0 Å². The molecule has 2 aromatic carbocycles. The Morgan fingerprint density at radius 3 is 2.73 bits per heavy atom. The molecule has 33 heavy (non-hydrogen) atoms. The Morgan fingerprint density at radius 2 is 1.97 bits per heavy atom. The number of aliphatic carboxylic acids is 1. The van der Waals surface area contributed by atoms with Crippen LogP contribution in [0, 0.1) is 11.7 Å². The second-order valence-electron chi connectivity index (χ2n) is 8.75. The molecule has 2 N–H and O–H groups in total. The molecule has 0 spiro atoms. The van der Waals surface area contributed by atoms with Crippen LogP contribution in [-0.2, 0) is 26.4 Å². The highest BCUT2D eigenvalue weighted by Crippen LogP contribution is 2.56. The Bertz CT molecular complexity index is 989. The highest BCUT2D eigenvalue weighted by atomic mass is 19.1. The normalized spacial score (nSPS) is 25.2. The molecule has 4 rings (SSSR count). The van der Waals surface area contributed by atoms with Crippen LogP contribution in [0.1, 0.15) is 43.2 Å². The van der Waals surface area contributed by atoms with Crippen LogP contribution in [-0.4, -0.2) is 23.8 Å². The molecule has 0 radical (unpaired) electrons. The summed E-state index contributed by atoms with van der Waals surface area (Å²) in [5, 5.41) is 8.81. The van der Waals surface area contributed by atoms with E-state index >= 15 is 0 Å². The molecule has 2 aromatic rings. The van der Waals surface area contributed by atoms with Crippen molar-refractivity contribution >= 4 is 5.97 Å². The van der Waals surface area contributed by atoms with Crippen molar-refractivity contribution < 1.29 is 23.9 Å². The Labute approximate surface area is 193 Å². The Kier molecular flexibility index (Phi) is 7.57. The zero-order valence-electron chi connectivity index (χ0n) is 18.6. The van der Waals surface area contributed by atoms with Crippen molar-refractivity contribution in [2.24, 2.45) is 5.92 Å². The van der Waals surface area contributed by atoms with E-state index in [4.69, 9.17) is 14.7 Å². The van der Waals surface area contributed by atoms with Crippen molar-refractivity contribution in [3.63, 3.8) is 0 Å². The summed E-state index contributed by atoms with van der Waals surface area (Å²) in [5.41, 5.74) is 6.10. The van der Waals surface area contributed by atoms with E-state index in [9.17, 15) is 9.18 Å². The minimum Gasteiger partial charge on any atom is -0.481 e. The van der Waals surface area contributed by atoms with Crippen LogP contribution in [0.15, 0.2) is 78.5 Å². The first kappa shape index (κ1) is 23.2. The molecular weight excluding hydrogens is 421 g/mol. The zero-order valence-corrected chi connectivity index (χ0v) is 18.6. The van der Waals surface area contributed by atoms with Gasteiger partial charge in [-0.05, 0) is 60.4 Å². The van der Waals surface area contributed by atoms with Crippen molar-refractivity contribution in [3.8, 4) is 0 Å². The average molecular weight is 452 g/mol. The van der Waals surface area contributed by atoms with Gasteiger partial charge in [-0.1, -0.05) is 54.6 Å². The summed E-state index contributed by atoms with van der Waals surface area (Å²) in [4.78, 5) is 16.4. The number of fused-ring (bicyclic) bond motifs is 2. The van der Waals surface area contributed by atoms with E-state index in [0.29, 0.717) is 19.6 Å². The lowest BCUT2D eigenvalue weighted by atomic mass is 9.71. The molecule has 6 heteroatoms. The number of carbonyl (C=O) groups is 1. The number of ether oxygens (including phenoxy) is 1. The van der Waals surface area contributed by atoms with Gasteiger partial charge in [-0.3, -0.25) is 15.1 Å². The second kappa shape index (κ2) is 10.8. The molecule has 2 bridgehead atoms. The van der Waals surface area contributed by atoms with Crippen LogP contribution in [0.5, 0.6) is 0 Å². The van der Waals surface area contributed by atoms with Gasteiger partial charge < -0.3 is 9.84 Å². The number of hydrogen-bond acceptors (Lipinski definition) is 4. The quantitative estimate of drug-likeness (QED) is 0.276. The SMILES string of the molecule is O=C(O)CCCC=CC[C@H]1C(=CNOCc2ccccc2)[C@@H]2C[C@@]1(c1ccc(F)cc1)CO2. The number of halogens is 1. The molecule has 1 heterocycles. The highest BCUT2D eigenvalue weighted by Gasteiger charge is 2.56. The van der Waals surface area contributed by atoms with E-state index < -0.39 is 5.97 Å². The summed E-state index contributed by atoms with van der Waals surface area (Å²) in [6.45, 7) is 1.05. The lowest BCUT2D eigenvalue weighted by Crippen LogP contribution is -2.36. The number of allylic oxidation sites excluding steroid dienone is 2. The van der Waals surface area contributed by atoms with Gasteiger partial charge in [0.15, 0.2) is 0 Å². The number of hydroxylamine groups is 1. The minimum absolute atomic E-state index is 0.00621. The first-order valence-corrected chi connectivity index (χ1v) is 11.4. The first-order valence-electron chi connectivity index (χ1n) is 11.4. The molecule has 2 aliphatic rings. The van der Waals surface area contributed by atoms with E-state index in [0.717, 1.165) is 36.0 Å². The molecule has 0 unspecified atom stereocenters. The molecule has 1 saturated carbocycles. The van der Waals surface area contributed by atoms with E-state index in [-0.39, 0.29) is 29.7 Å². The van der Waals surface area contributed by atoms with Gasteiger partial charge in [0.25, 0.3) is 0 Å². The van der Waals surface area contributed by atoms with Gasteiger partial charge in [0, 0.05) is 18.0 Å². The fourth-order valence-electron chi connectivity index (χ4n) is 4.97. The molecule has 0 amide bonds. The topological polar surface area (TPSA) is 67.8 Å². The van der Waals surface area contributed by atoms with Crippen LogP contribution in [0.3, 0.4) is 0 Å². The maximum Gasteiger partial charge on any atom is 0.303 e. The summed E-state index contributed by atoms with van der Waals surface area (Å²) in [7, 11) is 0. The van der Waals surface area contributed by atoms with E-state index in [1.165, 1.54) is 12.1 Å². The maximum absolute atomic E-state index is 13.6. The number of unbranched alkanes of at least 4 members (excludes halogenated alkanes) is 1. The largest absolute Gasteiger partial charge is 0.481 e. The van der Waals surface area contributed by atoms with Gasteiger partial charge >= 0.3 is 5.97 Å². The fraction of sp³-hybridized carbons (Fsp3) is 0.370. The maximum atomic E-state index is 13.6. The van der Waals surface area contributed by atoms with Crippen molar-refractivity contribution in [2.75, 3.05) is 6.61 Å². The number of nitrogens with one attached hydrogen (secondary N) is 1. The van der Waals surface area contributed by atoms with Crippen LogP contribution in [0.25, 0.3) is 0 Å². The fourth-order valence-corrected chi connectivity index (χ4v) is 4.97. The molecule has 1 aliphatic carbocycles. The van der Waals surface area contributed by atoms with E-state index in [1.807, 2.05) is 48.7 Å². The highest BCUT2D eigenvalue weighted by molar-refractivity contribution is 5.66. The first-order chi connectivity index (χ1) is 16.1. The van der Waals surface area contributed by atoms with Crippen molar-refractivity contribution in [1.82, 2.24) is 5.48 Å². The zero-order chi connectivity index (χ0) is 23.1. The average Bonchev–Trinajstić information content (AvgIpc) is 3.38. The summed E-state index contributed by atoms with van der Waals surface area (Å²) in [6.07, 6.45) is 9.30.